The van der Waals surface area contributed by atoms with Gasteiger partial charge in [-0.2, -0.15) is 11.8 Å². The van der Waals surface area contributed by atoms with Gasteiger partial charge in [0, 0.05) is 6.42 Å². The lowest BCUT2D eigenvalue weighted by atomic mass is 10.0. The third-order valence-corrected chi connectivity index (χ3v) is 4.66. The Labute approximate surface area is 186 Å². The van der Waals surface area contributed by atoms with Crippen LogP contribution in [0.5, 0.6) is 0 Å². The van der Waals surface area contributed by atoms with Gasteiger partial charge in [0.15, 0.2) is 6.54 Å². The van der Waals surface area contributed by atoms with Crippen LogP contribution in [0.25, 0.3) is 0 Å². The molecule has 0 spiro atoms. The topological polar surface area (TPSA) is 141 Å². The van der Waals surface area contributed by atoms with Gasteiger partial charge in [0.2, 0.25) is 11.8 Å². The fraction of sp³-hybridized carbons (Fsp3) is 0.474. The number of rotatable bonds is 12. The first-order valence-corrected chi connectivity index (χ1v) is 10.6. The van der Waals surface area contributed by atoms with Gasteiger partial charge in [-0.3, -0.25) is 14.4 Å². The highest BCUT2D eigenvalue weighted by Gasteiger charge is 2.27. The van der Waals surface area contributed by atoms with Crippen molar-refractivity contribution in [3.8, 4) is 0 Å². The number of nitrogens with one attached hydrogen (secondary N) is 3. The van der Waals surface area contributed by atoms with Crippen molar-refractivity contribution in [1.29, 1.82) is 0 Å². The Hall–Kier alpha value is -2.30. The Morgan fingerprint density at radius 2 is 1.73 bits per heavy atom. The van der Waals surface area contributed by atoms with Gasteiger partial charge in [0.1, 0.15) is 12.1 Å². The molecule has 0 aliphatic rings. The van der Waals surface area contributed by atoms with Crippen LogP contribution < -0.4 is 34.1 Å². The number of amides is 3. The predicted molar refractivity (Wildman–Crippen MR) is 110 cm³/mol. The van der Waals surface area contributed by atoms with Crippen molar-refractivity contribution in [2.24, 2.45) is 0 Å². The van der Waals surface area contributed by atoms with Crippen molar-refractivity contribution >= 4 is 35.5 Å². The fourth-order valence-corrected chi connectivity index (χ4v) is 2.94. The van der Waals surface area contributed by atoms with Crippen LogP contribution in [0.4, 0.5) is 0 Å². The number of hydrogen-bond acceptors (Lipinski definition) is 6. The number of esters is 1. The molecule has 0 saturated heterocycles. The van der Waals surface area contributed by atoms with Gasteiger partial charge in [-0.1, -0.05) is 30.3 Å². The molecule has 2 atom stereocenters. The zero-order chi connectivity index (χ0) is 21.6. The summed E-state index contributed by atoms with van der Waals surface area (Å²) in [4.78, 5) is 48.3. The van der Waals surface area contributed by atoms with Crippen molar-refractivity contribution in [3.63, 3.8) is 0 Å². The number of halogens is 1. The summed E-state index contributed by atoms with van der Waals surface area (Å²) in [6, 6.07) is 7.46. The molecule has 3 amide bonds. The molecule has 0 radical (unpaired) electrons. The van der Waals surface area contributed by atoms with Gasteiger partial charge >= 0.3 is 5.97 Å². The number of thioether (sulfide) groups is 1. The van der Waals surface area contributed by atoms with Crippen LogP contribution in [-0.4, -0.2) is 68.0 Å². The average molecular weight is 461 g/mol. The molecule has 9 nitrogen and oxygen atoms in total. The molecular formula is C19H29ClN4O5S. The molecule has 0 heterocycles. The Balaban J connectivity index is 0.00000841. The normalized spacial score (nSPS) is 12.0. The number of hydrogen-bond donors (Lipinski definition) is 4. The molecule has 1 aromatic carbocycles. The van der Waals surface area contributed by atoms with Gasteiger partial charge in [-0.25, -0.2) is 4.79 Å². The highest BCUT2D eigenvalue weighted by Crippen LogP contribution is 2.06. The molecule has 0 unspecified atom stereocenters. The minimum Gasteiger partial charge on any atom is -1.00 e. The van der Waals surface area contributed by atoms with Crippen molar-refractivity contribution < 1.29 is 42.1 Å². The molecule has 0 saturated carbocycles. The SMILES string of the molecule is COC(=O)[C@H](CCSC)NC(=O)[C@H](Cc1ccccc1)NC(=O)CNC(=O)C[NH3+].[Cl-]. The van der Waals surface area contributed by atoms with Gasteiger partial charge in [0.05, 0.1) is 13.7 Å². The third kappa shape index (κ3) is 10.5. The van der Waals surface area contributed by atoms with Crippen LogP contribution in [0.15, 0.2) is 30.3 Å². The third-order valence-electron chi connectivity index (χ3n) is 4.02. The van der Waals surface area contributed by atoms with Gasteiger partial charge in [-0.15, -0.1) is 0 Å². The van der Waals surface area contributed by atoms with E-state index in [4.69, 9.17) is 4.74 Å². The highest BCUT2D eigenvalue weighted by molar-refractivity contribution is 7.98. The second-order valence-electron chi connectivity index (χ2n) is 6.20. The van der Waals surface area contributed by atoms with E-state index in [2.05, 4.69) is 21.7 Å². The monoisotopic (exact) mass is 460 g/mol. The molecule has 0 fully saturated rings. The maximum Gasteiger partial charge on any atom is 0.328 e. The van der Waals surface area contributed by atoms with E-state index in [9.17, 15) is 19.2 Å². The first-order chi connectivity index (χ1) is 13.9. The van der Waals surface area contributed by atoms with Crippen molar-refractivity contribution in [3.05, 3.63) is 35.9 Å². The minimum atomic E-state index is -0.914. The summed E-state index contributed by atoms with van der Waals surface area (Å²) in [6.45, 7) is -0.253. The molecule has 30 heavy (non-hydrogen) atoms. The summed E-state index contributed by atoms with van der Waals surface area (Å²) in [5.41, 5.74) is 4.28. The number of carbonyl (C=O) groups excluding carboxylic acids is 4. The van der Waals surface area contributed by atoms with Gasteiger partial charge in [-0.05, 0) is 24.0 Å². The first kappa shape index (κ1) is 27.7. The van der Waals surface area contributed by atoms with Crippen LogP contribution >= 0.6 is 11.8 Å². The van der Waals surface area contributed by atoms with Crippen LogP contribution in [0.3, 0.4) is 0 Å². The smallest absolute Gasteiger partial charge is 0.328 e. The van der Waals surface area contributed by atoms with Crippen LogP contribution in [0.2, 0.25) is 0 Å². The quantitative estimate of drug-likeness (QED) is 0.232. The molecule has 1 rings (SSSR count). The number of benzene rings is 1. The largest absolute Gasteiger partial charge is 1.00 e. The molecule has 0 aliphatic heterocycles. The second kappa shape index (κ2) is 15.5. The van der Waals surface area contributed by atoms with E-state index in [1.807, 2.05) is 36.6 Å². The maximum atomic E-state index is 12.8. The molecule has 0 aliphatic carbocycles. The standard InChI is InChI=1S/C19H28N4O5S.ClH/c1-28-19(27)14(8-9-29-2)23-18(26)15(10-13-6-4-3-5-7-13)22-17(25)12-21-16(24)11-20;/h3-7,14-15H,8-12,20H2,1-2H3,(H,21,24)(H,22,25)(H,23,26);1H/t14-,15-;/m0./s1. The number of quaternary nitrogens is 1. The minimum absolute atomic E-state index is 0. The van der Waals surface area contributed by atoms with E-state index in [0.29, 0.717) is 12.2 Å². The molecular weight excluding hydrogens is 432 g/mol. The first-order valence-electron chi connectivity index (χ1n) is 9.17. The Morgan fingerprint density at radius 3 is 2.30 bits per heavy atom. The summed E-state index contributed by atoms with van der Waals surface area (Å²) in [5, 5.41) is 7.70. The van der Waals surface area contributed by atoms with Crippen molar-refractivity contribution in [1.82, 2.24) is 16.0 Å². The molecule has 0 aromatic heterocycles. The van der Waals surface area contributed by atoms with Gasteiger partial charge in [0.25, 0.3) is 5.91 Å². The summed E-state index contributed by atoms with van der Waals surface area (Å²) in [7, 11) is 1.26. The molecule has 168 valence electrons. The van der Waals surface area contributed by atoms with E-state index < -0.39 is 29.9 Å². The van der Waals surface area contributed by atoms with Crippen molar-refractivity contribution in [2.45, 2.75) is 24.9 Å². The van der Waals surface area contributed by atoms with Crippen LogP contribution in [0.1, 0.15) is 12.0 Å². The summed E-state index contributed by atoms with van der Waals surface area (Å²) in [5.74, 6) is -1.26. The number of ether oxygens (including phenoxy) is 1. The van der Waals surface area contributed by atoms with E-state index in [1.165, 1.54) is 7.11 Å². The Kier molecular flexibility index (Phi) is 14.3. The summed E-state index contributed by atoms with van der Waals surface area (Å²) in [6.07, 6.45) is 2.54. The lowest BCUT2D eigenvalue weighted by Crippen LogP contribution is -3.00. The summed E-state index contributed by atoms with van der Waals surface area (Å²) < 4.78 is 4.76. The Bertz CT molecular complexity index is 693. The van der Waals surface area contributed by atoms with E-state index in [-0.39, 0.29) is 37.8 Å². The molecule has 0 bridgehead atoms. The average Bonchev–Trinajstić information content (AvgIpc) is 2.74. The zero-order valence-electron chi connectivity index (χ0n) is 17.1. The molecule has 11 heteroatoms. The van der Waals surface area contributed by atoms with Crippen molar-refractivity contribution in [2.75, 3.05) is 32.2 Å². The Morgan fingerprint density at radius 1 is 1.07 bits per heavy atom. The predicted octanol–water partition coefficient (Wildman–Crippen LogP) is -4.51. The lowest BCUT2D eigenvalue weighted by Gasteiger charge is -2.22. The lowest BCUT2D eigenvalue weighted by molar-refractivity contribution is -0.355. The second-order valence-corrected chi connectivity index (χ2v) is 7.19. The maximum absolute atomic E-state index is 12.8. The van der Waals surface area contributed by atoms with E-state index in [0.717, 1.165) is 5.56 Å². The van der Waals surface area contributed by atoms with Crippen LogP contribution in [-0.2, 0) is 30.3 Å². The van der Waals surface area contributed by atoms with Gasteiger partial charge < -0.3 is 38.8 Å². The van der Waals surface area contributed by atoms with E-state index >= 15 is 0 Å². The summed E-state index contributed by atoms with van der Waals surface area (Å²) >= 11 is 1.54. The number of carbonyl (C=O) groups is 4. The fourth-order valence-electron chi connectivity index (χ4n) is 2.47. The van der Waals surface area contributed by atoms with Crippen LogP contribution in [0, 0.1) is 0 Å². The van der Waals surface area contributed by atoms with E-state index in [1.54, 1.807) is 11.8 Å². The zero-order valence-corrected chi connectivity index (χ0v) is 18.7. The molecule has 1 aromatic rings. The number of methoxy groups -OCH3 is 1. The highest BCUT2D eigenvalue weighted by atomic mass is 35.5. The molecule has 6 N–H and O–H groups in total.